The van der Waals surface area contributed by atoms with Crippen LogP contribution in [0.4, 0.5) is 0 Å². The van der Waals surface area contributed by atoms with Gasteiger partial charge in [0.1, 0.15) is 11.5 Å². The summed E-state index contributed by atoms with van der Waals surface area (Å²) in [5, 5.41) is 10.7. The van der Waals surface area contributed by atoms with Crippen LogP contribution >= 0.6 is 23.4 Å². The van der Waals surface area contributed by atoms with Gasteiger partial charge in [0, 0.05) is 18.5 Å². The number of carbonyl (C=O) groups is 1. The largest absolute Gasteiger partial charge is 0.350 e. The number of hydrogen-bond donors (Lipinski definition) is 2. The average Bonchev–Trinajstić information content (AvgIpc) is 2.81. The summed E-state index contributed by atoms with van der Waals surface area (Å²) in [6, 6.07) is 3.22. The number of aryl methyl sites for hydroxylation is 1. The number of H-pyrrole nitrogens is 1. The fourth-order valence-electron chi connectivity index (χ4n) is 1.29. The smallest absolute Gasteiger partial charge is 0.269 e. The number of carbonyl (C=O) groups excluding carboxylic acids is 1. The van der Waals surface area contributed by atoms with Crippen LogP contribution in [0.25, 0.3) is 0 Å². The van der Waals surface area contributed by atoms with E-state index >= 15 is 0 Å². The van der Waals surface area contributed by atoms with Crippen LogP contribution < -0.4 is 5.32 Å². The van der Waals surface area contributed by atoms with E-state index in [2.05, 4.69) is 25.5 Å². The number of thioether (sulfide) groups is 1. The summed E-state index contributed by atoms with van der Waals surface area (Å²) < 4.78 is 0. The van der Waals surface area contributed by atoms with Gasteiger partial charge in [0.05, 0.1) is 5.02 Å². The first-order chi connectivity index (χ1) is 9.15. The number of pyridine rings is 1. The Bertz CT molecular complexity index is 556. The minimum Gasteiger partial charge on any atom is -0.350 e. The molecule has 0 bridgehead atoms. The lowest BCUT2D eigenvalue weighted by atomic mass is 10.3. The van der Waals surface area contributed by atoms with Gasteiger partial charge in [-0.1, -0.05) is 23.4 Å². The normalized spacial score (nSPS) is 10.4. The van der Waals surface area contributed by atoms with Crippen molar-refractivity contribution in [3.05, 3.63) is 34.9 Å². The molecule has 1 amide bonds. The summed E-state index contributed by atoms with van der Waals surface area (Å²) in [6.07, 6.45) is 1.45. The van der Waals surface area contributed by atoms with Gasteiger partial charge in [-0.25, -0.2) is 9.97 Å². The molecule has 6 nitrogen and oxygen atoms in total. The van der Waals surface area contributed by atoms with Gasteiger partial charge in [0.2, 0.25) is 5.16 Å². The lowest BCUT2D eigenvalue weighted by molar-refractivity contribution is 0.0951. The minimum atomic E-state index is -0.219. The molecule has 0 radical (unpaired) electrons. The molecule has 0 saturated heterocycles. The average molecular weight is 298 g/mol. The van der Waals surface area contributed by atoms with E-state index in [0.29, 0.717) is 28.2 Å². The van der Waals surface area contributed by atoms with Gasteiger partial charge in [0.25, 0.3) is 5.91 Å². The highest BCUT2D eigenvalue weighted by Crippen LogP contribution is 2.10. The second-order valence-corrected chi connectivity index (χ2v) is 5.17. The summed E-state index contributed by atoms with van der Waals surface area (Å²) in [7, 11) is 0. The van der Waals surface area contributed by atoms with E-state index in [1.165, 1.54) is 18.0 Å². The van der Waals surface area contributed by atoms with Crippen LogP contribution in [0.5, 0.6) is 0 Å². The molecule has 2 heterocycles. The molecule has 100 valence electrons. The third kappa shape index (κ3) is 4.22. The number of nitrogens with one attached hydrogen (secondary N) is 2. The van der Waals surface area contributed by atoms with E-state index < -0.39 is 0 Å². The Morgan fingerprint density at radius 1 is 1.53 bits per heavy atom. The molecule has 0 fully saturated rings. The van der Waals surface area contributed by atoms with Crippen LogP contribution in [0.1, 0.15) is 16.3 Å². The number of nitrogens with zero attached hydrogens (tertiary/aromatic N) is 3. The van der Waals surface area contributed by atoms with E-state index in [1.807, 2.05) is 6.92 Å². The zero-order chi connectivity index (χ0) is 13.7. The molecule has 0 aromatic carbocycles. The van der Waals surface area contributed by atoms with Gasteiger partial charge in [-0.15, -0.1) is 5.10 Å². The highest BCUT2D eigenvalue weighted by atomic mass is 35.5. The van der Waals surface area contributed by atoms with E-state index in [9.17, 15) is 4.79 Å². The van der Waals surface area contributed by atoms with Gasteiger partial charge in [0.15, 0.2) is 0 Å². The SMILES string of the molecule is Cc1nc(SCCNC(=O)c2ccc(Cl)cn2)n[nH]1. The van der Waals surface area contributed by atoms with E-state index in [0.717, 1.165) is 5.82 Å². The lowest BCUT2D eigenvalue weighted by Crippen LogP contribution is -2.26. The first-order valence-electron chi connectivity index (χ1n) is 5.57. The Hall–Kier alpha value is -1.60. The highest BCUT2D eigenvalue weighted by molar-refractivity contribution is 7.99. The molecule has 8 heteroatoms. The summed E-state index contributed by atoms with van der Waals surface area (Å²) in [5.74, 6) is 1.25. The molecule has 2 aromatic heterocycles. The van der Waals surface area contributed by atoms with Crippen molar-refractivity contribution in [3.8, 4) is 0 Å². The maximum atomic E-state index is 11.7. The Kier molecular flexibility index (Phi) is 4.75. The Balaban J connectivity index is 1.73. The molecular weight excluding hydrogens is 286 g/mol. The third-order valence-electron chi connectivity index (χ3n) is 2.16. The molecule has 0 spiro atoms. The van der Waals surface area contributed by atoms with Crippen molar-refractivity contribution in [3.63, 3.8) is 0 Å². The van der Waals surface area contributed by atoms with Gasteiger partial charge in [-0.2, -0.15) is 0 Å². The standard InChI is InChI=1S/C11H12ClN5OS/c1-7-15-11(17-16-7)19-5-4-13-10(18)9-3-2-8(12)6-14-9/h2-3,6H,4-5H2,1H3,(H,13,18)(H,15,16,17). The van der Waals surface area contributed by atoms with Crippen LogP contribution in [0, 0.1) is 6.92 Å². The number of hydrogen-bond acceptors (Lipinski definition) is 5. The molecular formula is C11H12ClN5OS. The van der Waals surface area contributed by atoms with Crippen molar-refractivity contribution in [2.75, 3.05) is 12.3 Å². The van der Waals surface area contributed by atoms with Crippen molar-refractivity contribution < 1.29 is 4.79 Å². The summed E-state index contributed by atoms with van der Waals surface area (Å²) in [4.78, 5) is 19.8. The number of rotatable bonds is 5. The van der Waals surface area contributed by atoms with Gasteiger partial charge >= 0.3 is 0 Å². The molecule has 0 aliphatic carbocycles. The maximum absolute atomic E-state index is 11.7. The molecule has 0 atom stereocenters. The fraction of sp³-hybridized carbons (Fsp3) is 0.273. The lowest BCUT2D eigenvalue weighted by Gasteiger charge is -2.03. The molecule has 0 aliphatic heterocycles. The van der Waals surface area contributed by atoms with Gasteiger partial charge in [-0.05, 0) is 19.1 Å². The van der Waals surface area contributed by atoms with Crippen molar-refractivity contribution in [2.24, 2.45) is 0 Å². The van der Waals surface area contributed by atoms with E-state index in [-0.39, 0.29) is 5.91 Å². The van der Waals surface area contributed by atoms with Crippen molar-refractivity contribution in [1.29, 1.82) is 0 Å². The Morgan fingerprint density at radius 3 is 3.00 bits per heavy atom. The van der Waals surface area contributed by atoms with Crippen LogP contribution in [0.3, 0.4) is 0 Å². The number of aromatic amines is 1. The van der Waals surface area contributed by atoms with Crippen LogP contribution in [-0.4, -0.2) is 38.4 Å². The van der Waals surface area contributed by atoms with Gasteiger partial charge < -0.3 is 5.32 Å². The summed E-state index contributed by atoms with van der Waals surface area (Å²) in [6.45, 7) is 2.35. The molecule has 2 rings (SSSR count). The molecule has 19 heavy (non-hydrogen) atoms. The first-order valence-corrected chi connectivity index (χ1v) is 6.93. The second-order valence-electron chi connectivity index (χ2n) is 3.67. The zero-order valence-corrected chi connectivity index (χ0v) is 11.8. The predicted octanol–water partition coefficient (Wildman–Crippen LogP) is 1.68. The van der Waals surface area contributed by atoms with Crippen LogP contribution in [0.15, 0.2) is 23.5 Å². The van der Waals surface area contributed by atoms with E-state index in [1.54, 1.807) is 12.1 Å². The molecule has 0 aliphatic rings. The second kappa shape index (κ2) is 6.53. The van der Waals surface area contributed by atoms with Crippen molar-refractivity contribution >= 4 is 29.3 Å². The zero-order valence-electron chi connectivity index (χ0n) is 10.2. The Labute approximate surface area is 119 Å². The highest BCUT2D eigenvalue weighted by Gasteiger charge is 2.06. The van der Waals surface area contributed by atoms with Gasteiger partial charge in [-0.3, -0.25) is 9.89 Å². The monoisotopic (exact) mass is 297 g/mol. The molecule has 0 saturated carbocycles. The molecule has 2 N–H and O–H groups in total. The van der Waals surface area contributed by atoms with Crippen LogP contribution in [0.2, 0.25) is 5.02 Å². The number of aromatic nitrogens is 4. The van der Waals surface area contributed by atoms with Crippen LogP contribution in [-0.2, 0) is 0 Å². The quantitative estimate of drug-likeness (QED) is 0.648. The predicted molar refractivity (Wildman–Crippen MR) is 73.4 cm³/mol. The number of amides is 1. The minimum absolute atomic E-state index is 0.219. The van der Waals surface area contributed by atoms with Crippen molar-refractivity contribution in [2.45, 2.75) is 12.1 Å². The first kappa shape index (κ1) is 13.8. The van der Waals surface area contributed by atoms with Crippen molar-refractivity contribution in [1.82, 2.24) is 25.5 Å². The molecule has 0 unspecified atom stereocenters. The van der Waals surface area contributed by atoms with E-state index in [4.69, 9.17) is 11.6 Å². The molecule has 2 aromatic rings. The number of halogens is 1. The third-order valence-corrected chi connectivity index (χ3v) is 3.23. The maximum Gasteiger partial charge on any atom is 0.269 e. The Morgan fingerprint density at radius 2 is 2.37 bits per heavy atom. The summed E-state index contributed by atoms with van der Waals surface area (Å²) >= 11 is 7.17. The fourth-order valence-corrected chi connectivity index (χ4v) is 2.10. The topological polar surface area (TPSA) is 83.6 Å². The summed E-state index contributed by atoms with van der Waals surface area (Å²) in [5.41, 5.74) is 0.350.